The van der Waals surface area contributed by atoms with E-state index in [0.717, 1.165) is 31.6 Å². The van der Waals surface area contributed by atoms with E-state index in [0.29, 0.717) is 6.10 Å². The van der Waals surface area contributed by atoms with Gasteiger partial charge in [0.1, 0.15) is 0 Å². The number of hydrogen-bond donors (Lipinski definition) is 0. The van der Waals surface area contributed by atoms with Gasteiger partial charge in [-0.15, -0.1) is 11.3 Å². The van der Waals surface area contributed by atoms with Crippen molar-refractivity contribution in [2.45, 2.75) is 19.6 Å². The van der Waals surface area contributed by atoms with Crippen molar-refractivity contribution in [3.63, 3.8) is 0 Å². The van der Waals surface area contributed by atoms with Gasteiger partial charge in [0, 0.05) is 29.8 Å². The zero-order chi connectivity index (χ0) is 10.7. The van der Waals surface area contributed by atoms with Crippen molar-refractivity contribution in [2.75, 3.05) is 25.0 Å². The third-order valence-corrected chi connectivity index (χ3v) is 4.22. The first-order chi connectivity index (χ1) is 7.28. The van der Waals surface area contributed by atoms with Gasteiger partial charge in [-0.25, -0.2) is 0 Å². The average molecular weight is 290 g/mol. The molecule has 1 aliphatic heterocycles. The molecule has 15 heavy (non-hydrogen) atoms. The highest BCUT2D eigenvalue weighted by Gasteiger charge is 2.19. The van der Waals surface area contributed by atoms with E-state index in [-0.39, 0.29) is 0 Å². The Morgan fingerprint density at radius 1 is 1.67 bits per heavy atom. The molecule has 1 aliphatic rings. The lowest BCUT2D eigenvalue weighted by molar-refractivity contribution is -0.0180. The molecule has 0 bridgehead atoms. The fraction of sp³-hybridized carbons (Fsp3) is 0.636. The zero-order valence-corrected chi connectivity index (χ0v) is 11.3. The van der Waals surface area contributed by atoms with Crippen molar-refractivity contribution in [3.05, 3.63) is 21.9 Å². The van der Waals surface area contributed by atoms with Crippen LogP contribution in [0.1, 0.15) is 10.4 Å². The maximum absolute atomic E-state index is 5.61. The van der Waals surface area contributed by atoms with Crippen LogP contribution < -0.4 is 0 Å². The molecule has 1 atom stereocenters. The fourth-order valence-electron chi connectivity index (χ4n) is 1.86. The molecule has 4 heteroatoms. The summed E-state index contributed by atoms with van der Waals surface area (Å²) in [4.78, 5) is 3.87. The van der Waals surface area contributed by atoms with E-state index in [1.807, 2.05) is 11.3 Å². The van der Waals surface area contributed by atoms with E-state index in [2.05, 4.69) is 39.2 Å². The molecule has 2 nitrogen and oxygen atoms in total. The van der Waals surface area contributed by atoms with Crippen LogP contribution in [-0.4, -0.2) is 36.0 Å². The Hall–Kier alpha value is 0.100. The number of halogens is 1. The first kappa shape index (κ1) is 11.6. The van der Waals surface area contributed by atoms with Crippen molar-refractivity contribution in [1.82, 2.24) is 4.90 Å². The summed E-state index contributed by atoms with van der Waals surface area (Å²) in [6, 6.07) is 2.28. The Balaban J connectivity index is 1.88. The van der Waals surface area contributed by atoms with Gasteiger partial charge in [0.15, 0.2) is 0 Å². The number of ether oxygens (including phenoxy) is 1. The number of thiophene rings is 1. The van der Waals surface area contributed by atoms with Crippen LogP contribution in [0.2, 0.25) is 0 Å². The van der Waals surface area contributed by atoms with Gasteiger partial charge in [-0.3, -0.25) is 4.90 Å². The predicted molar refractivity (Wildman–Crippen MR) is 67.9 cm³/mol. The van der Waals surface area contributed by atoms with Gasteiger partial charge in [0.05, 0.1) is 12.7 Å². The molecular weight excluding hydrogens is 274 g/mol. The molecule has 2 heterocycles. The number of morpholine rings is 1. The zero-order valence-electron chi connectivity index (χ0n) is 8.91. The Kier molecular flexibility index (Phi) is 4.20. The summed E-state index contributed by atoms with van der Waals surface area (Å²) in [5, 5.41) is 3.19. The van der Waals surface area contributed by atoms with Crippen LogP contribution in [0, 0.1) is 6.92 Å². The molecule has 0 aromatic carbocycles. The minimum Gasteiger partial charge on any atom is -0.375 e. The molecule has 1 saturated heterocycles. The first-order valence-corrected chi connectivity index (χ1v) is 7.22. The second kappa shape index (κ2) is 5.43. The molecule has 1 unspecified atom stereocenters. The van der Waals surface area contributed by atoms with Crippen LogP contribution in [0.4, 0.5) is 0 Å². The fourth-order valence-corrected chi connectivity index (χ4v) is 2.95. The van der Waals surface area contributed by atoms with Gasteiger partial charge in [-0.1, -0.05) is 15.9 Å². The Labute approximate surface area is 103 Å². The molecule has 1 fully saturated rings. The lowest BCUT2D eigenvalue weighted by atomic mass is 10.2. The van der Waals surface area contributed by atoms with Crippen LogP contribution in [0.3, 0.4) is 0 Å². The summed E-state index contributed by atoms with van der Waals surface area (Å²) in [6.45, 7) is 6.18. The van der Waals surface area contributed by atoms with E-state index in [1.165, 1.54) is 10.4 Å². The largest absolute Gasteiger partial charge is 0.375 e. The van der Waals surface area contributed by atoms with Crippen molar-refractivity contribution in [2.24, 2.45) is 0 Å². The maximum Gasteiger partial charge on any atom is 0.0799 e. The molecule has 1 aromatic rings. The van der Waals surface area contributed by atoms with Gasteiger partial charge < -0.3 is 4.74 Å². The van der Waals surface area contributed by atoms with E-state index < -0.39 is 0 Å². The molecule has 0 spiro atoms. The summed E-state index contributed by atoms with van der Waals surface area (Å²) < 4.78 is 5.61. The monoisotopic (exact) mass is 289 g/mol. The highest BCUT2D eigenvalue weighted by molar-refractivity contribution is 9.09. The number of nitrogens with zero attached hydrogens (tertiary/aromatic N) is 1. The highest BCUT2D eigenvalue weighted by Crippen LogP contribution is 2.17. The maximum atomic E-state index is 5.61. The van der Waals surface area contributed by atoms with Crippen LogP contribution in [0.25, 0.3) is 0 Å². The molecule has 1 aromatic heterocycles. The summed E-state index contributed by atoms with van der Waals surface area (Å²) >= 11 is 5.31. The van der Waals surface area contributed by atoms with Gasteiger partial charge in [0.25, 0.3) is 0 Å². The van der Waals surface area contributed by atoms with Gasteiger partial charge in [-0.05, 0) is 23.9 Å². The molecular formula is C11H16BrNOS. The third kappa shape index (κ3) is 3.28. The lowest BCUT2D eigenvalue weighted by Crippen LogP contribution is -2.42. The van der Waals surface area contributed by atoms with Crippen molar-refractivity contribution in [3.8, 4) is 0 Å². The Morgan fingerprint density at radius 3 is 3.20 bits per heavy atom. The van der Waals surface area contributed by atoms with Crippen LogP contribution in [-0.2, 0) is 11.3 Å². The van der Waals surface area contributed by atoms with Crippen molar-refractivity contribution in [1.29, 1.82) is 0 Å². The van der Waals surface area contributed by atoms with Crippen LogP contribution in [0.15, 0.2) is 11.4 Å². The van der Waals surface area contributed by atoms with E-state index in [9.17, 15) is 0 Å². The Bertz CT molecular complexity index is 315. The van der Waals surface area contributed by atoms with Gasteiger partial charge >= 0.3 is 0 Å². The Morgan fingerprint density at radius 2 is 2.53 bits per heavy atom. The number of hydrogen-bond acceptors (Lipinski definition) is 3. The molecule has 0 N–H and O–H groups in total. The topological polar surface area (TPSA) is 12.5 Å². The van der Waals surface area contributed by atoms with E-state index >= 15 is 0 Å². The molecule has 0 aliphatic carbocycles. The van der Waals surface area contributed by atoms with Crippen molar-refractivity contribution >= 4 is 27.3 Å². The van der Waals surface area contributed by atoms with Crippen LogP contribution in [0.5, 0.6) is 0 Å². The quantitative estimate of drug-likeness (QED) is 0.794. The third-order valence-electron chi connectivity index (χ3n) is 2.59. The minimum atomic E-state index is 0.360. The van der Waals surface area contributed by atoms with E-state index in [1.54, 1.807) is 0 Å². The predicted octanol–water partition coefficient (Wildman–Crippen LogP) is 2.65. The molecule has 0 amide bonds. The SMILES string of the molecule is Cc1cc(CN2CCOC(CBr)C2)cs1. The molecule has 0 radical (unpaired) electrons. The van der Waals surface area contributed by atoms with E-state index in [4.69, 9.17) is 4.74 Å². The second-order valence-electron chi connectivity index (χ2n) is 3.95. The normalized spacial score (nSPS) is 23.2. The summed E-state index contributed by atoms with van der Waals surface area (Å²) in [7, 11) is 0. The summed E-state index contributed by atoms with van der Waals surface area (Å²) in [6.07, 6.45) is 0.360. The van der Waals surface area contributed by atoms with Gasteiger partial charge in [-0.2, -0.15) is 0 Å². The average Bonchev–Trinajstić information content (AvgIpc) is 2.64. The first-order valence-electron chi connectivity index (χ1n) is 5.22. The second-order valence-corrected chi connectivity index (χ2v) is 5.71. The molecule has 84 valence electrons. The number of rotatable bonds is 3. The van der Waals surface area contributed by atoms with Crippen LogP contribution >= 0.6 is 27.3 Å². The highest BCUT2D eigenvalue weighted by atomic mass is 79.9. The summed E-state index contributed by atoms with van der Waals surface area (Å²) in [5.74, 6) is 0. The smallest absolute Gasteiger partial charge is 0.0799 e. The standard InChI is InChI=1S/C11H16BrNOS/c1-9-4-10(8-15-9)6-13-2-3-14-11(5-12)7-13/h4,8,11H,2-3,5-7H2,1H3. The number of alkyl halides is 1. The number of aryl methyl sites for hydroxylation is 1. The molecule has 2 rings (SSSR count). The molecule has 0 saturated carbocycles. The van der Waals surface area contributed by atoms with Crippen molar-refractivity contribution < 1.29 is 4.74 Å². The summed E-state index contributed by atoms with van der Waals surface area (Å²) in [5.41, 5.74) is 1.44. The minimum absolute atomic E-state index is 0.360. The lowest BCUT2D eigenvalue weighted by Gasteiger charge is -2.31. The van der Waals surface area contributed by atoms with Gasteiger partial charge in [0.2, 0.25) is 0 Å².